The molecule has 1 fully saturated rings. The molecule has 0 aromatic carbocycles. The van der Waals surface area contributed by atoms with Crippen molar-refractivity contribution < 1.29 is 4.74 Å². The Labute approximate surface area is 111 Å². The number of ether oxygens (including phenoxy) is 1. The molecule has 2 aromatic rings. The number of fused-ring (bicyclic) bond motifs is 1. The lowest BCUT2D eigenvalue weighted by Crippen LogP contribution is -2.40. The summed E-state index contributed by atoms with van der Waals surface area (Å²) in [5, 5.41) is 2.05. The fourth-order valence-electron chi connectivity index (χ4n) is 2.80. The number of thiazole rings is 1. The van der Waals surface area contributed by atoms with Crippen molar-refractivity contribution in [3.63, 3.8) is 0 Å². The maximum absolute atomic E-state index is 6.36. The van der Waals surface area contributed by atoms with Crippen molar-refractivity contribution in [3.05, 3.63) is 23.5 Å². The van der Waals surface area contributed by atoms with Crippen molar-refractivity contribution in [2.75, 3.05) is 13.2 Å². The van der Waals surface area contributed by atoms with Crippen LogP contribution in [0.5, 0.6) is 0 Å². The second-order valence-electron chi connectivity index (χ2n) is 5.20. The van der Waals surface area contributed by atoms with Crippen LogP contribution in [0.15, 0.2) is 17.8 Å². The number of hydrogen-bond acceptors (Lipinski definition) is 4. The molecule has 0 bridgehead atoms. The van der Waals surface area contributed by atoms with Crippen LogP contribution >= 0.6 is 11.3 Å². The van der Waals surface area contributed by atoms with E-state index in [0.29, 0.717) is 11.8 Å². The van der Waals surface area contributed by atoms with Gasteiger partial charge in [0.2, 0.25) is 0 Å². The topological polar surface area (TPSA) is 52.5 Å². The molecule has 2 N–H and O–H groups in total. The van der Waals surface area contributed by atoms with Gasteiger partial charge in [0.1, 0.15) is 0 Å². The van der Waals surface area contributed by atoms with Crippen LogP contribution < -0.4 is 5.73 Å². The number of hydrogen-bond donors (Lipinski definition) is 1. The van der Waals surface area contributed by atoms with Crippen molar-refractivity contribution in [2.45, 2.75) is 25.8 Å². The van der Waals surface area contributed by atoms with Gasteiger partial charge in [0.15, 0.2) is 4.96 Å². The molecular weight excluding hydrogens is 246 g/mol. The van der Waals surface area contributed by atoms with E-state index < -0.39 is 0 Å². The van der Waals surface area contributed by atoms with Crippen molar-refractivity contribution in [1.29, 1.82) is 0 Å². The second kappa shape index (κ2) is 4.99. The zero-order chi connectivity index (χ0) is 12.5. The molecule has 5 heteroatoms. The second-order valence-corrected chi connectivity index (χ2v) is 6.07. The van der Waals surface area contributed by atoms with E-state index in [1.165, 1.54) is 0 Å². The van der Waals surface area contributed by atoms with Gasteiger partial charge >= 0.3 is 0 Å². The molecule has 3 atom stereocenters. The summed E-state index contributed by atoms with van der Waals surface area (Å²) in [4.78, 5) is 5.66. The van der Waals surface area contributed by atoms with Gasteiger partial charge < -0.3 is 10.5 Å². The molecule has 18 heavy (non-hydrogen) atoms. The zero-order valence-electron chi connectivity index (χ0n) is 10.6. The standard InChI is InChI=1S/C13H19N3OS/c1-9-8-17-4-2-11(9)12(14)6-10-7-16-3-5-18-13(16)15-10/h3,5,7,9,11-12H,2,4,6,8,14H2,1H3. The van der Waals surface area contributed by atoms with Gasteiger partial charge in [0, 0.05) is 43.5 Å². The molecule has 0 amide bonds. The van der Waals surface area contributed by atoms with E-state index in [4.69, 9.17) is 10.5 Å². The Bertz CT molecular complexity index is 493. The number of nitrogens with zero attached hydrogens (tertiary/aromatic N) is 2. The SMILES string of the molecule is CC1COCCC1C(N)Cc1cn2ccsc2n1. The normalized spacial score (nSPS) is 26.6. The average Bonchev–Trinajstić information content (AvgIpc) is 2.90. The highest BCUT2D eigenvalue weighted by Gasteiger charge is 2.27. The van der Waals surface area contributed by atoms with Gasteiger partial charge in [-0.25, -0.2) is 4.98 Å². The summed E-state index contributed by atoms with van der Waals surface area (Å²) < 4.78 is 7.54. The Hall–Kier alpha value is -0.910. The largest absolute Gasteiger partial charge is 0.381 e. The molecule has 0 saturated carbocycles. The quantitative estimate of drug-likeness (QED) is 0.922. The summed E-state index contributed by atoms with van der Waals surface area (Å²) in [5.41, 5.74) is 7.46. The Balaban J connectivity index is 1.69. The first kappa shape index (κ1) is 12.1. The maximum Gasteiger partial charge on any atom is 0.193 e. The lowest BCUT2D eigenvalue weighted by atomic mass is 9.82. The molecular formula is C13H19N3OS. The number of imidazole rings is 1. The van der Waals surface area contributed by atoms with E-state index in [1.807, 2.05) is 11.6 Å². The average molecular weight is 265 g/mol. The van der Waals surface area contributed by atoms with E-state index in [1.54, 1.807) is 11.3 Å². The van der Waals surface area contributed by atoms with E-state index in [2.05, 4.69) is 22.5 Å². The summed E-state index contributed by atoms with van der Waals surface area (Å²) in [6.45, 7) is 3.92. The van der Waals surface area contributed by atoms with Crippen molar-refractivity contribution in [1.82, 2.24) is 9.38 Å². The van der Waals surface area contributed by atoms with Crippen LogP contribution in [0, 0.1) is 11.8 Å². The van der Waals surface area contributed by atoms with Gasteiger partial charge in [-0.3, -0.25) is 4.40 Å². The number of aromatic nitrogens is 2. The highest BCUT2D eigenvalue weighted by Crippen LogP contribution is 2.25. The van der Waals surface area contributed by atoms with E-state index in [0.717, 1.165) is 36.7 Å². The molecule has 1 saturated heterocycles. The molecule has 4 nitrogen and oxygen atoms in total. The highest BCUT2D eigenvalue weighted by molar-refractivity contribution is 7.15. The number of nitrogens with two attached hydrogens (primary N) is 1. The fraction of sp³-hybridized carbons (Fsp3) is 0.615. The van der Waals surface area contributed by atoms with E-state index in [-0.39, 0.29) is 6.04 Å². The van der Waals surface area contributed by atoms with Crippen LogP contribution in [-0.4, -0.2) is 28.6 Å². The summed E-state index contributed by atoms with van der Waals surface area (Å²) >= 11 is 1.66. The monoisotopic (exact) mass is 265 g/mol. The zero-order valence-corrected chi connectivity index (χ0v) is 11.4. The minimum absolute atomic E-state index is 0.188. The lowest BCUT2D eigenvalue weighted by molar-refractivity contribution is 0.0156. The molecule has 3 unspecified atom stereocenters. The van der Waals surface area contributed by atoms with E-state index in [9.17, 15) is 0 Å². The summed E-state index contributed by atoms with van der Waals surface area (Å²) in [6.07, 6.45) is 6.07. The van der Waals surface area contributed by atoms with Crippen molar-refractivity contribution >= 4 is 16.3 Å². The molecule has 98 valence electrons. The minimum atomic E-state index is 0.188. The van der Waals surface area contributed by atoms with E-state index >= 15 is 0 Å². The van der Waals surface area contributed by atoms with Gasteiger partial charge in [0.05, 0.1) is 5.69 Å². The molecule has 0 radical (unpaired) electrons. The van der Waals surface area contributed by atoms with Gasteiger partial charge in [-0.05, 0) is 18.3 Å². The van der Waals surface area contributed by atoms with Crippen molar-refractivity contribution in [3.8, 4) is 0 Å². The molecule has 0 aliphatic carbocycles. The minimum Gasteiger partial charge on any atom is -0.381 e. The third-order valence-corrected chi connectivity index (χ3v) is 4.62. The molecule has 3 heterocycles. The van der Waals surface area contributed by atoms with Gasteiger partial charge in [-0.1, -0.05) is 6.92 Å². The van der Waals surface area contributed by atoms with Gasteiger partial charge in [0.25, 0.3) is 0 Å². The Morgan fingerprint density at radius 3 is 3.33 bits per heavy atom. The first-order valence-electron chi connectivity index (χ1n) is 6.48. The predicted molar refractivity (Wildman–Crippen MR) is 72.8 cm³/mol. The molecule has 3 rings (SSSR count). The Morgan fingerprint density at radius 2 is 2.56 bits per heavy atom. The highest BCUT2D eigenvalue weighted by atomic mass is 32.1. The summed E-state index contributed by atoms with van der Waals surface area (Å²) in [7, 11) is 0. The van der Waals surface area contributed by atoms with Gasteiger partial charge in [-0.15, -0.1) is 11.3 Å². The lowest BCUT2D eigenvalue weighted by Gasteiger charge is -2.33. The van der Waals surface area contributed by atoms with Crippen LogP contribution in [-0.2, 0) is 11.2 Å². The summed E-state index contributed by atoms with van der Waals surface area (Å²) in [6, 6.07) is 0.188. The Kier molecular flexibility index (Phi) is 3.37. The molecule has 1 aliphatic rings. The van der Waals surface area contributed by atoms with Crippen molar-refractivity contribution in [2.24, 2.45) is 17.6 Å². The third-order valence-electron chi connectivity index (χ3n) is 3.85. The van der Waals surface area contributed by atoms with Crippen LogP contribution in [0.25, 0.3) is 4.96 Å². The maximum atomic E-state index is 6.36. The smallest absolute Gasteiger partial charge is 0.193 e. The van der Waals surface area contributed by atoms with Crippen LogP contribution in [0.3, 0.4) is 0 Å². The third kappa shape index (κ3) is 2.30. The first-order valence-corrected chi connectivity index (χ1v) is 7.36. The first-order chi connectivity index (χ1) is 8.74. The summed E-state index contributed by atoms with van der Waals surface area (Å²) in [5.74, 6) is 1.11. The number of rotatable bonds is 3. The molecule has 1 aliphatic heterocycles. The van der Waals surface area contributed by atoms with Crippen LogP contribution in [0.1, 0.15) is 19.0 Å². The van der Waals surface area contributed by atoms with Crippen LogP contribution in [0.4, 0.5) is 0 Å². The molecule has 0 spiro atoms. The Morgan fingerprint density at radius 1 is 1.67 bits per heavy atom. The fourth-order valence-corrected chi connectivity index (χ4v) is 3.52. The van der Waals surface area contributed by atoms with Crippen LogP contribution in [0.2, 0.25) is 0 Å². The van der Waals surface area contributed by atoms with Gasteiger partial charge in [-0.2, -0.15) is 0 Å². The molecule has 2 aromatic heterocycles. The predicted octanol–water partition coefficient (Wildman–Crippen LogP) is 1.94.